The van der Waals surface area contributed by atoms with Gasteiger partial charge in [0.15, 0.2) is 11.9 Å². The number of aliphatic imine (C=N–C) groups is 2. The molecule has 2 unspecified atom stereocenters. The van der Waals surface area contributed by atoms with Gasteiger partial charge in [0.25, 0.3) is 0 Å². The van der Waals surface area contributed by atoms with E-state index in [-0.39, 0.29) is 61.3 Å². The largest absolute Gasteiger partial charge is 0.508 e. The van der Waals surface area contributed by atoms with Crippen LogP contribution in [0.5, 0.6) is 5.75 Å². The number of phenolic OH excluding ortho intramolecular Hbond substituents is 1. The average Bonchev–Trinajstić information content (AvgIpc) is 3.10. The van der Waals surface area contributed by atoms with Gasteiger partial charge in [-0.15, -0.1) is 0 Å². The zero-order valence-electron chi connectivity index (χ0n) is 27.7. The fourth-order valence-electron chi connectivity index (χ4n) is 5.92. The zero-order valence-corrected chi connectivity index (χ0v) is 27.7. The van der Waals surface area contributed by atoms with Gasteiger partial charge in [0.05, 0.1) is 12.8 Å². The quantitative estimate of drug-likeness (QED) is 0.0717. The van der Waals surface area contributed by atoms with Crippen molar-refractivity contribution in [3.63, 3.8) is 0 Å². The molecule has 3 aromatic carbocycles. The summed E-state index contributed by atoms with van der Waals surface area (Å²) in [4.78, 5) is 53.3. The van der Waals surface area contributed by atoms with Crippen molar-refractivity contribution in [3.05, 3.63) is 90.0 Å². The summed E-state index contributed by atoms with van der Waals surface area (Å²) in [6.45, 7) is 1.35. The molecular weight excluding hydrogens is 622 g/mol. The molecule has 0 fully saturated rings. The third-order valence-corrected chi connectivity index (χ3v) is 8.38. The molecule has 1 heterocycles. The highest BCUT2D eigenvalue weighted by Gasteiger charge is 2.31. The Morgan fingerprint density at radius 1 is 0.796 bits per heavy atom. The molecule has 4 rings (SSSR count). The molecule has 3 amide bonds. The number of fused-ring (bicyclic) bond motifs is 1. The summed E-state index contributed by atoms with van der Waals surface area (Å²) in [6, 6.07) is 19.0. The number of rotatable bonds is 12. The van der Waals surface area contributed by atoms with Gasteiger partial charge < -0.3 is 43.2 Å². The summed E-state index contributed by atoms with van der Waals surface area (Å²) >= 11 is 0. The van der Waals surface area contributed by atoms with Gasteiger partial charge in [0.2, 0.25) is 17.7 Å². The molecule has 0 aromatic heterocycles. The van der Waals surface area contributed by atoms with Crippen LogP contribution in [0.4, 0.5) is 0 Å². The van der Waals surface area contributed by atoms with Crippen LogP contribution in [-0.2, 0) is 27.2 Å². The van der Waals surface area contributed by atoms with Crippen molar-refractivity contribution < 1.29 is 19.5 Å². The van der Waals surface area contributed by atoms with Gasteiger partial charge in [-0.3, -0.25) is 24.4 Å². The van der Waals surface area contributed by atoms with Crippen molar-refractivity contribution in [2.24, 2.45) is 32.9 Å². The van der Waals surface area contributed by atoms with Crippen molar-refractivity contribution in [2.45, 2.75) is 50.6 Å². The molecule has 13 heteroatoms. The van der Waals surface area contributed by atoms with E-state index in [1.54, 1.807) is 21.9 Å². The normalized spacial score (nSPS) is 16.8. The van der Waals surface area contributed by atoms with Gasteiger partial charge >= 0.3 is 0 Å². The van der Waals surface area contributed by atoms with Crippen molar-refractivity contribution in [3.8, 4) is 5.75 Å². The third kappa shape index (κ3) is 11.3. The predicted octanol–water partition coefficient (Wildman–Crippen LogP) is 1.52. The number of nitrogens with one attached hydrogen (secondary N) is 1. The molecule has 49 heavy (non-hydrogen) atoms. The van der Waals surface area contributed by atoms with Crippen molar-refractivity contribution in [2.75, 3.05) is 32.7 Å². The van der Waals surface area contributed by atoms with Crippen molar-refractivity contribution in [1.82, 2.24) is 15.1 Å². The van der Waals surface area contributed by atoms with Crippen molar-refractivity contribution in [1.29, 1.82) is 0 Å². The number of nitrogens with zero attached hydrogens (tertiary/aromatic N) is 4. The predicted molar refractivity (Wildman–Crippen MR) is 192 cm³/mol. The smallest absolute Gasteiger partial charge is 0.243 e. The Bertz CT molecular complexity index is 1660. The molecule has 3 aromatic rings. The van der Waals surface area contributed by atoms with E-state index in [4.69, 9.17) is 22.9 Å². The first-order chi connectivity index (χ1) is 23.6. The van der Waals surface area contributed by atoms with E-state index in [0.717, 1.165) is 16.3 Å². The highest BCUT2D eigenvalue weighted by Crippen LogP contribution is 2.21. The highest BCUT2D eigenvalue weighted by atomic mass is 16.3. The minimum absolute atomic E-state index is 0.0212. The van der Waals surface area contributed by atoms with Crippen LogP contribution in [0, 0.1) is 0 Å². The van der Waals surface area contributed by atoms with Crippen LogP contribution >= 0.6 is 0 Å². The van der Waals surface area contributed by atoms with Crippen LogP contribution in [-0.4, -0.2) is 89.4 Å². The number of hydrogen-bond acceptors (Lipinski definition) is 6. The fourth-order valence-corrected chi connectivity index (χ4v) is 5.92. The minimum Gasteiger partial charge on any atom is -0.508 e. The average molecular weight is 670 g/mol. The molecular formula is C36H47N9O4. The lowest BCUT2D eigenvalue weighted by Gasteiger charge is -2.32. The first-order valence-corrected chi connectivity index (χ1v) is 16.5. The molecule has 260 valence electrons. The summed E-state index contributed by atoms with van der Waals surface area (Å²) in [5, 5.41) is 14.9. The second kappa shape index (κ2) is 18.1. The molecule has 0 saturated heterocycles. The first-order valence-electron chi connectivity index (χ1n) is 16.5. The van der Waals surface area contributed by atoms with Gasteiger partial charge in [-0.05, 0) is 59.7 Å². The Labute approximate surface area is 286 Å². The second-order valence-electron chi connectivity index (χ2n) is 12.1. The van der Waals surface area contributed by atoms with E-state index < -0.39 is 12.1 Å². The number of nitrogens with two attached hydrogens (primary N) is 4. The Morgan fingerprint density at radius 2 is 1.45 bits per heavy atom. The number of benzene rings is 3. The number of carbonyl (C=O) groups is 3. The Hall–Kier alpha value is -5.59. The molecule has 2 atom stereocenters. The molecule has 1 aliphatic rings. The standard InChI is InChI=1S/C36H47N9O4/c37-35(38)41-18-6-11-28-24-44(32(47)23-27-10-5-9-26-8-1-2-12-30(26)27)20-3-4-21-45(33(48)22-25-14-16-29(46)17-15-25)31(34(49)43-28)13-7-19-42-36(39)40/h1-5,8-10,12,14-17,28,31,46H,6-7,11,13,18-24H2,(H,43,49)(H4,37,38,41)(H4,39,40,42). The van der Waals surface area contributed by atoms with Gasteiger partial charge in [-0.1, -0.05) is 66.7 Å². The van der Waals surface area contributed by atoms with Crippen molar-refractivity contribution >= 4 is 40.4 Å². The molecule has 0 saturated carbocycles. The summed E-state index contributed by atoms with van der Waals surface area (Å²) in [7, 11) is 0. The Kier molecular flexibility index (Phi) is 13.4. The van der Waals surface area contributed by atoms with E-state index >= 15 is 0 Å². The lowest BCUT2D eigenvalue weighted by atomic mass is 10.0. The number of aromatic hydroxyl groups is 1. The topological polar surface area (TPSA) is 219 Å². The molecule has 1 aliphatic heterocycles. The maximum Gasteiger partial charge on any atom is 0.243 e. The van der Waals surface area contributed by atoms with Crippen LogP contribution < -0.4 is 28.3 Å². The SMILES string of the molecule is NC(N)=NCCCC1CN(C(=O)Cc2cccc3ccccc23)CC=CCN(C(=O)Cc2ccc(O)cc2)C(CCCN=C(N)N)C(=O)N1. The third-order valence-electron chi connectivity index (χ3n) is 8.38. The Morgan fingerprint density at radius 3 is 2.16 bits per heavy atom. The number of amides is 3. The van der Waals surface area contributed by atoms with Gasteiger partial charge in [-0.2, -0.15) is 0 Å². The molecule has 13 nitrogen and oxygen atoms in total. The van der Waals surface area contributed by atoms with Crippen LogP contribution in [0.15, 0.2) is 88.9 Å². The van der Waals surface area contributed by atoms with Gasteiger partial charge in [0.1, 0.15) is 11.8 Å². The van der Waals surface area contributed by atoms with E-state index in [1.807, 2.05) is 54.6 Å². The minimum atomic E-state index is -0.832. The van der Waals surface area contributed by atoms with Crippen LogP contribution in [0.1, 0.15) is 36.8 Å². The molecule has 0 aliphatic carbocycles. The zero-order chi connectivity index (χ0) is 35.2. The summed E-state index contributed by atoms with van der Waals surface area (Å²) in [6.07, 6.45) is 5.72. The van der Waals surface area contributed by atoms with Gasteiger partial charge in [0, 0.05) is 38.8 Å². The number of phenols is 1. The maximum absolute atomic E-state index is 14.1. The van der Waals surface area contributed by atoms with E-state index in [0.29, 0.717) is 50.9 Å². The summed E-state index contributed by atoms with van der Waals surface area (Å²) < 4.78 is 0. The van der Waals surface area contributed by atoms with Crippen LogP contribution in [0.25, 0.3) is 10.8 Å². The number of carbonyl (C=O) groups excluding carboxylic acids is 3. The summed E-state index contributed by atoms with van der Waals surface area (Å²) in [5.41, 5.74) is 23.7. The molecule has 0 spiro atoms. The Balaban J connectivity index is 1.62. The van der Waals surface area contributed by atoms with Gasteiger partial charge in [-0.25, -0.2) is 0 Å². The number of guanidine groups is 2. The monoisotopic (exact) mass is 669 g/mol. The lowest BCUT2D eigenvalue weighted by molar-refractivity contribution is -0.140. The molecule has 0 bridgehead atoms. The van der Waals surface area contributed by atoms with Crippen LogP contribution in [0.3, 0.4) is 0 Å². The molecule has 0 radical (unpaired) electrons. The number of hydrogen-bond donors (Lipinski definition) is 6. The summed E-state index contributed by atoms with van der Waals surface area (Å²) in [5.74, 6) is -0.664. The van der Waals surface area contributed by atoms with Crippen LogP contribution in [0.2, 0.25) is 0 Å². The van der Waals surface area contributed by atoms with E-state index in [2.05, 4.69) is 15.3 Å². The van der Waals surface area contributed by atoms with E-state index in [1.165, 1.54) is 12.1 Å². The fraction of sp³-hybridized carbons (Fsp3) is 0.361. The second-order valence-corrected chi connectivity index (χ2v) is 12.1. The maximum atomic E-state index is 14.1. The van der Waals surface area contributed by atoms with E-state index in [9.17, 15) is 19.5 Å². The molecule has 10 N–H and O–H groups in total. The first kappa shape index (κ1) is 36.2. The lowest BCUT2D eigenvalue weighted by Crippen LogP contribution is -2.54. The highest BCUT2D eigenvalue weighted by molar-refractivity contribution is 5.91.